The Morgan fingerprint density at radius 2 is 2.12 bits per heavy atom. The van der Waals surface area contributed by atoms with Gasteiger partial charge in [-0.1, -0.05) is 24.3 Å². The smallest absolute Gasteiger partial charge is 0.231 e. The standard InChI is InChI=1S/C18H22N4O2S/c1-4-5-15-20-21-18(25-15)19-17(24)13-9-16(23)22(10-13)14-7-6-11(2)12(3)8-14/h6-8,13H,4-5,9-10H2,1-3H3,(H,19,21,24)/t13-/m0/s1. The molecule has 1 aliphatic rings. The quantitative estimate of drug-likeness (QED) is 0.891. The van der Waals surface area contributed by atoms with E-state index < -0.39 is 0 Å². The van der Waals surface area contributed by atoms with E-state index in [0.717, 1.165) is 29.1 Å². The predicted molar refractivity (Wildman–Crippen MR) is 98.9 cm³/mol. The molecule has 1 atom stereocenters. The first-order chi connectivity index (χ1) is 12.0. The molecule has 132 valence electrons. The van der Waals surface area contributed by atoms with Gasteiger partial charge in [-0.2, -0.15) is 0 Å². The summed E-state index contributed by atoms with van der Waals surface area (Å²) in [6.45, 7) is 6.53. The van der Waals surface area contributed by atoms with Crippen LogP contribution in [-0.2, 0) is 16.0 Å². The topological polar surface area (TPSA) is 75.2 Å². The van der Waals surface area contributed by atoms with Gasteiger partial charge in [-0.15, -0.1) is 10.2 Å². The lowest BCUT2D eigenvalue weighted by Crippen LogP contribution is -2.28. The molecule has 1 fully saturated rings. The minimum absolute atomic E-state index is 0.0210. The van der Waals surface area contributed by atoms with Crippen LogP contribution in [0.15, 0.2) is 18.2 Å². The second kappa shape index (κ2) is 7.31. The monoisotopic (exact) mass is 358 g/mol. The molecule has 0 spiro atoms. The van der Waals surface area contributed by atoms with Gasteiger partial charge in [0.1, 0.15) is 5.01 Å². The number of nitrogens with one attached hydrogen (secondary N) is 1. The highest BCUT2D eigenvalue weighted by atomic mass is 32.1. The fourth-order valence-electron chi connectivity index (χ4n) is 2.85. The van der Waals surface area contributed by atoms with Gasteiger partial charge in [-0.3, -0.25) is 9.59 Å². The van der Waals surface area contributed by atoms with Gasteiger partial charge in [0.15, 0.2) is 0 Å². The third-order valence-electron chi connectivity index (χ3n) is 4.46. The molecule has 1 aromatic heterocycles. The Kier molecular flexibility index (Phi) is 5.13. The van der Waals surface area contributed by atoms with Crippen LogP contribution >= 0.6 is 11.3 Å². The van der Waals surface area contributed by atoms with Gasteiger partial charge in [0, 0.05) is 25.1 Å². The molecule has 1 aliphatic heterocycles. The summed E-state index contributed by atoms with van der Waals surface area (Å²) in [7, 11) is 0. The third-order valence-corrected chi connectivity index (χ3v) is 5.36. The average molecular weight is 358 g/mol. The van der Waals surface area contributed by atoms with E-state index >= 15 is 0 Å². The molecule has 0 aliphatic carbocycles. The van der Waals surface area contributed by atoms with Crippen LogP contribution < -0.4 is 10.2 Å². The van der Waals surface area contributed by atoms with E-state index in [4.69, 9.17) is 0 Å². The first-order valence-electron chi connectivity index (χ1n) is 8.48. The fourth-order valence-corrected chi connectivity index (χ4v) is 3.70. The molecule has 3 rings (SSSR count). The van der Waals surface area contributed by atoms with E-state index in [1.807, 2.05) is 32.0 Å². The maximum atomic E-state index is 12.5. The van der Waals surface area contributed by atoms with Gasteiger partial charge in [0.05, 0.1) is 5.92 Å². The number of hydrogen-bond acceptors (Lipinski definition) is 5. The number of nitrogens with zero attached hydrogens (tertiary/aromatic N) is 3. The third kappa shape index (κ3) is 3.87. The van der Waals surface area contributed by atoms with E-state index in [9.17, 15) is 9.59 Å². The fraction of sp³-hybridized carbons (Fsp3) is 0.444. The zero-order valence-electron chi connectivity index (χ0n) is 14.7. The van der Waals surface area contributed by atoms with E-state index in [2.05, 4.69) is 22.4 Å². The van der Waals surface area contributed by atoms with Crippen LogP contribution in [0.3, 0.4) is 0 Å². The van der Waals surface area contributed by atoms with Crippen LogP contribution in [-0.4, -0.2) is 28.6 Å². The zero-order valence-corrected chi connectivity index (χ0v) is 15.5. The van der Waals surface area contributed by atoms with E-state index in [-0.39, 0.29) is 24.2 Å². The molecule has 0 radical (unpaired) electrons. The first kappa shape index (κ1) is 17.5. The number of carbonyl (C=O) groups excluding carboxylic acids is 2. The highest BCUT2D eigenvalue weighted by molar-refractivity contribution is 7.15. The van der Waals surface area contributed by atoms with Crippen molar-refractivity contribution < 1.29 is 9.59 Å². The first-order valence-corrected chi connectivity index (χ1v) is 9.30. The van der Waals surface area contributed by atoms with Crippen molar-refractivity contribution in [2.45, 2.75) is 40.0 Å². The van der Waals surface area contributed by atoms with Gasteiger partial charge in [0.2, 0.25) is 16.9 Å². The van der Waals surface area contributed by atoms with Crippen molar-refractivity contribution >= 4 is 34.0 Å². The summed E-state index contributed by atoms with van der Waals surface area (Å²) in [5.41, 5.74) is 3.17. The molecule has 6 nitrogen and oxygen atoms in total. The van der Waals surface area contributed by atoms with Crippen molar-refractivity contribution in [2.75, 3.05) is 16.8 Å². The summed E-state index contributed by atoms with van der Waals surface area (Å²) in [5.74, 6) is -0.557. The molecule has 2 heterocycles. The molecular formula is C18H22N4O2S. The van der Waals surface area contributed by atoms with Crippen molar-refractivity contribution in [1.82, 2.24) is 10.2 Å². The lowest BCUT2D eigenvalue weighted by atomic mass is 10.1. The Morgan fingerprint density at radius 3 is 2.84 bits per heavy atom. The number of aryl methyl sites for hydroxylation is 3. The minimum atomic E-state index is -0.368. The van der Waals surface area contributed by atoms with Crippen LogP contribution in [0.4, 0.5) is 10.8 Å². The lowest BCUT2D eigenvalue weighted by Gasteiger charge is -2.17. The number of hydrogen-bond donors (Lipinski definition) is 1. The van der Waals surface area contributed by atoms with Crippen LogP contribution in [0.1, 0.15) is 35.9 Å². The molecule has 0 unspecified atom stereocenters. The molecule has 2 aromatic rings. The highest BCUT2D eigenvalue weighted by Crippen LogP contribution is 2.28. The molecule has 1 saturated heterocycles. The van der Waals surface area contributed by atoms with E-state index in [1.165, 1.54) is 16.9 Å². The molecule has 0 saturated carbocycles. The number of rotatable bonds is 5. The number of aromatic nitrogens is 2. The van der Waals surface area contributed by atoms with Crippen molar-refractivity contribution in [1.29, 1.82) is 0 Å². The zero-order chi connectivity index (χ0) is 18.0. The number of anilines is 2. The molecule has 0 bridgehead atoms. The summed E-state index contributed by atoms with van der Waals surface area (Å²) in [5, 5.41) is 12.3. The maximum absolute atomic E-state index is 12.5. The summed E-state index contributed by atoms with van der Waals surface area (Å²) < 4.78 is 0. The van der Waals surface area contributed by atoms with Crippen molar-refractivity contribution in [3.63, 3.8) is 0 Å². The minimum Gasteiger partial charge on any atom is -0.312 e. The molecule has 7 heteroatoms. The van der Waals surface area contributed by atoms with Crippen molar-refractivity contribution in [3.05, 3.63) is 34.3 Å². The van der Waals surface area contributed by atoms with Crippen molar-refractivity contribution in [2.24, 2.45) is 5.92 Å². The average Bonchev–Trinajstić information content (AvgIpc) is 3.17. The summed E-state index contributed by atoms with van der Waals surface area (Å²) in [4.78, 5) is 26.5. The largest absolute Gasteiger partial charge is 0.312 e. The van der Waals surface area contributed by atoms with Crippen LogP contribution in [0.5, 0.6) is 0 Å². The Morgan fingerprint density at radius 1 is 1.32 bits per heavy atom. The SMILES string of the molecule is CCCc1nnc(NC(=O)[C@H]2CC(=O)N(c3ccc(C)c(C)c3)C2)s1. The van der Waals surface area contributed by atoms with Crippen molar-refractivity contribution in [3.8, 4) is 0 Å². The lowest BCUT2D eigenvalue weighted by molar-refractivity contribution is -0.122. The summed E-state index contributed by atoms with van der Waals surface area (Å²) >= 11 is 1.39. The van der Waals surface area contributed by atoms with E-state index in [1.54, 1.807) is 4.90 Å². The number of carbonyl (C=O) groups is 2. The second-order valence-electron chi connectivity index (χ2n) is 6.41. The van der Waals surface area contributed by atoms with Crippen LogP contribution in [0.2, 0.25) is 0 Å². The summed E-state index contributed by atoms with van der Waals surface area (Å²) in [6.07, 6.45) is 2.07. The van der Waals surface area contributed by atoms with E-state index in [0.29, 0.717) is 11.7 Å². The maximum Gasteiger partial charge on any atom is 0.231 e. The number of amides is 2. The second-order valence-corrected chi connectivity index (χ2v) is 7.48. The van der Waals surface area contributed by atoms with Gasteiger partial charge in [-0.05, 0) is 43.5 Å². The molecule has 25 heavy (non-hydrogen) atoms. The summed E-state index contributed by atoms with van der Waals surface area (Å²) in [6, 6.07) is 5.93. The van der Waals surface area contributed by atoms with Gasteiger partial charge < -0.3 is 10.2 Å². The van der Waals surface area contributed by atoms with Gasteiger partial charge >= 0.3 is 0 Å². The Hall–Kier alpha value is -2.28. The van der Waals surface area contributed by atoms with Gasteiger partial charge in [0.25, 0.3) is 0 Å². The van der Waals surface area contributed by atoms with Gasteiger partial charge in [-0.25, -0.2) is 0 Å². The number of benzene rings is 1. The molecule has 1 N–H and O–H groups in total. The predicted octanol–water partition coefficient (Wildman–Crippen LogP) is 3.10. The Bertz CT molecular complexity index is 802. The molecule has 1 aromatic carbocycles. The molecule has 2 amide bonds. The van der Waals surface area contributed by atoms with Crippen LogP contribution in [0.25, 0.3) is 0 Å². The normalized spacial score (nSPS) is 17.2. The highest BCUT2D eigenvalue weighted by Gasteiger charge is 2.35. The Labute approximate surface area is 151 Å². The Balaban J connectivity index is 1.66. The van der Waals surface area contributed by atoms with Crippen LogP contribution in [0, 0.1) is 19.8 Å². The molecular weight excluding hydrogens is 336 g/mol.